The van der Waals surface area contributed by atoms with Crippen molar-refractivity contribution in [1.29, 1.82) is 0 Å². The van der Waals surface area contributed by atoms with Crippen molar-refractivity contribution >= 4 is 6.03 Å². The van der Waals surface area contributed by atoms with Crippen molar-refractivity contribution in [3.63, 3.8) is 0 Å². The molecule has 6 nitrogen and oxygen atoms in total. The highest BCUT2D eigenvalue weighted by molar-refractivity contribution is 5.73. The molecule has 0 unspecified atom stereocenters. The van der Waals surface area contributed by atoms with Crippen LogP contribution >= 0.6 is 0 Å². The Balaban J connectivity index is 1.44. The van der Waals surface area contributed by atoms with E-state index in [1.54, 1.807) is 6.20 Å². The highest BCUT2D eigenvalue weighted by Gasteiger charge is 2.03. The van der Waals surface area contributed by atoms with Crippen LogP contribution in [0.4, 0.5) is 4.79 Å². The fourth-order valence-electron chi connectivity index (χ4n) is 2.44. The minimum absolute atomic E-state index is 0.170. The summed E-state index contributed by atoms with van der Waals surface area (Å²) in [7, 11) is 1.96. The van der Waals surface area contributed by atoms with Crippen molar-refractivity contribution in [2.75, 3.05) is 0 Å². The van der Waals surface area contributed by atoms with Gasteiger partial charge in [0.1, 0.15) is 0 Å². The normalized spacial score (nSPS) is 10.5. The molecule has 0 aliphatic rings. The molecule has 0 spiro atoms. The number of amides is 2. The van der Waals surface area contributed by atoms with E-state index in [4.69, 9.17) is 0 Å². The number of urea groups is 1. The van der Waals surface area contributed by atoms with Gasteiger partial charge in [-0.25, -0.2) is 4.79 Å². The SMILES string of the molecule is Cn1cccc1CNC(=O)NCc1ccc(Cn2cccn2)cc1. The molecular formula is C18H21N5O. The highest BCUT2D eigenvalue weighted by Crippen LogP contribution is 2.06. The van der Waals surface area contributed by atoms with E-state index >= 15 is 0 Å². The molecule has 0 bridgehead atoms. The monoisotopic (exact) mass is 323 g/mol. The van der Waals surface area contributed by atoms with Gasteiger partial charge in [-0.2, -0.15) is 5.10 Å². The third-order valence-corrected chi connectivity index (χ3v) is 3.86. The number of nitrogens with one attached hydrogen (secondary N) is 2. The minimum atomic E-state index is -0.170. The van der Waals surface area contributed by atoms with E-state index in [0.29, 0.717) is 13.1 Å². The average Bonchev–Trinajstić information content (AvgIpc) is 3.24. The van der Waals surface area contributed by atoms with Crippen LogP contribution in [0.25, 0.3) is 0 Å². The Morgan fingerprint density at radius 1 is 1.00 bits per heavy atom. The van der Waals surface area contributed by atoms with Crippen molar-refractivity contribution in [3.8, 4) is 0 Å². The summed E-state index contributed by atoms with van der Waals surface area (Å²) >= 11 is 0. The molecule has 3 rings (SSSR count). The van der Waals surface area contributed by atoms with E-state index in [2.05, 4.69) is 27.9 Å². The Morgan fingerprint density at radius 2 is 1.75 bits per heavy atom. The molecule has 24 heavy (non-hydrogen) atoms. The van der Waals surface area contributed by atoms with Crippen LogP contribution in [-0.4, -0.2) is 20.4 Å². The topological polar surface area (TPSA) is 63.9 Å². The van der Waals surface area contributed by atoms with Gasteiger partial charge >= 0.3 is 6.03 Å². The molecule has 0 atom stereocenters. The van der Waals surface area contributed by atoms with Gasteiger partial charge in [-0.15, -0.1) is 0 Å². The van der Waals surface area contributed by atoms with E-state index in [-0.39, 0.29) is 6.03 Å². The average molecular weight is 323 g/mol. The Hall–Kier alpha value is -3.02. The number of nitrogens with zero attached hydrogens (tertiary/aromatic N) is 3. The minimum Gasteiger partial charge on any atom is -0.353 e. The maximum atomic E-state index is 11.9. The Kier molecular flexibility index (Phi) is 4.96. The van der Waals surface area contributed by atoms with E-state index in [1.807, 2.05) is 59.0 Å². The first-order valence-corrected chi connectivity index (χ1v) is 7.88. The summed E-state index contributed by atoms with van der Waals surface area (Å²) in [6.07, 6.45) is 5.67. The Labute approximate surface area is 141 Å². The molecule has 2 aromatic heterocycles. The van der Waals surface area contributed by atoms with Crippen LogP contribution in [0.3, 0.4) is 0 Å². The summed E-state index contributed by atoms with van der Waals surface area (Å²) in [6, 6.07) is 13.8. The lowest BCUT2D eigenvalue weighted by atomic mass is 10.1. The zero-order valence-corrected chi connectivity index (χ0v) is 13.6. The fourth-order valence-corrected chi connectivity index (χ4v) is 2.44. The maximum absolute atomic E-state index is 11.9. The molecule has 0 saturated heterocycles. The predicted octanol–water partition coefficient (Wildman–Crippen LogP) is 2.27. The zero-order chi connectivity index (χ0) is 16.8. The molecule has 2 heterocycles. The summed E-state index contributed by atoms with van der Waals surface area (Å²) in [5.74, 6) is 0. The number of hydrogen-bond donors (Lipinski definition) is 2. The van der Waals surface area contributed by atoms with Gasteiger partial charge in [-0.05, 0) is 29.3 Å². The molecule has 2 amide bonds. The first-order chi connectivity index (χ1) is 11.7. The van der Waals surface area contributed by atoms with Crippen molar-refractivity contribution in [3.05, 3.63) is 77.9 Å². The first kappa shape index (κ1) is 15.9. The second-order valence-electron chi connectivity index (χ2n) is 5.67. The van der Waals surface area contributed by atoms with Gasteiger partial charge in [-0.1, -0.05) is 24.3 Å². The third-order valence-electron chi connectivity index (χ3n) is 3.86. The third kappa shape index (κ3) is 4.25. The predicted molar refractivity (Wildman–Crippen MR) is 92.3 cm³/mol. The van der Waals surface area contributed by atoms with Crippen LogP contribution in [0.5, 0.6) is 0 Å². The summed E-state index contributed by atoms with van der Waals surface area (Å²) in [5, 5.41) is 9.91. The van der Waals surface area contributed by atoms with E-state index < -0.39 is 0 Å². The quantitative estimate of drug-likeness (QED) is 0.731. The van der Waals surface area contributed by atoms with Crippen LogP contribution in [0.1, 0.15) is 16.8 Å². The van der Waals surface area contributed by atoms with Crippen LogP contribution in [-0.2, 0) is 26.7 Å². The largest absolute Gasteiger partial charge is 0.353 e. The Morgan fingerprint density at radius 3 is 2.42 bits per heavy atom. The van der Waals surface area contributed by atoms with Gasteiger partial charge in [0.05, 0.1) is 13.1 Å². The summed E-state index contributed by atoms with van der Waals surface area (Å²) in [5.41, 5.74) is 3.30. The molecule has 0 fully saturated rings. The number of carbonyl (C=O) groups excluding carboxylic acids is 1. The van der Waals surface area contributed by atoms with E-state index in [9.17, 15) is 4.79 Å². The van der Waals surface area contributed by atoms with Gasteiger partial charge in [0.2, 0.25) is 0 Å². The Bertz CT molecular complexity index is 774. The van der Waals surface area contributed by atoms with Gasteiger partial charge in [-0.3, -0.25) is 4.68 Å². The standard InChI is InChI=1S/C18H21N5O/c1-22-10-2-4-17(22)13-20-18(24)19-12-15-5-7-16(8-6-15)14-23-11-3-9-21-23/h2-11H,12-14H2,1H3,(H2,19,20,24). The molecule has 3 aromatic rings. The van der Waals surface area contributed by atoms with Crippen LogP contribution < -0.4 is 10.6 Å². The molecule has 0 saturated carbocycles. The lowest BCUT2D eigenvalue weighted by Crippen LogP contribution is -2.34. The number of benzene rings is 1. The fraction of sp³-hybridized carbons (Fsp3) is 0.222. The molecule has 2 N–H and O–H groups in total. The molecule has 0 radical (unpaired) electrons. The lowest BCUT2D eigenvalue weighted by Gasteiger charge is -2.09. The van der Waals surface area contributed by atoms with Crippen molar-refractivity contribution < 1.29 is 4.79 Å². The molecule has 6 heteroatoms. The molecular weight excluding hydrogens is 302 g/mol. The molecule has 1 aromatic carbocycles. The number of aromatic nitrogens is 3. The smallest absolute Gasteiger partial charge is 0.315 e. The lowest BCUT2D eigenvalue weighted by molar-refractivity contribution is 0.240. The van der Waals surface area contributed by atoms with Crippen molar-refractivity contribution in [1.82, 2.24) is 25.0 Å². The van der Waals surface area contributed by atoms with E-state index in [0.717, 1.165) is 17.8 Å². The van der Waals surface area contributed by atoms with Gasteiger partial charge in [0.25, 0.3) is 0 Å². The van der Waals surface area contributed by atoms with Gasteiger partial charge < -0.3 is 15.2 Å². The van der Waals surface area contributed by atoms with Gasteiger partial charge in [0.15, 0.2) is 0 Å². The van der Waals surface area contributed by atoms with Crippen LogP contribution in [0.15, 0.2) is 61.1 Å². The number of hydrogen-bond acceptors (Lipinski definition) is 2. The summed E-state index contributed by atoms with van der Waals surface area (Å²) < 4.78 is 3.86. The van der Waals surface area contributed by atoms with Gasteiger partial charge in [0, 0.05) is 37.9 Å². The van der Waals surface area contributed by atoms with E-state index in [1.165, 1.54) is 5.56 Å². The number of carbonyl (C=O) groups is 1. The summed E-state index contributed by atoms with van der Waals surface area (Å²) in [6.45, 7) is 1.76. The maximum Gasteiger partial charge on any atom is 0.315 e. The van der Waals surface area contributed by atoms with Crippen LogP contribution in [0, 0.1) is 0 Å². The summed E-state index contributed by atoms with van der Waals surface area (Å²) in [4.78, 5) is 11.9. The molecule has 0 aliphatic carbocycles. The molecule has 124 valence electrons. The van der Waals surface area contributed by atoms with Crippen molar-refractivity contribution in [2.45, 2.75) is 19.6 Å². The number of rotatable bonds is 6. The number of aryl methyl sites for hydroxylation is 1. The van der Waals surface area contributed by atoms with Crippen LogP contribution in [0.2, 0.25) is 0 Å². The first-order valence-electron chi connectivity index (χ1n) is 7.88. The zero-order valence-electron chi connectivity index (χ0n) is 13.6. The highest BCUT2D eigenvalue weighted by atomic mass is 16.2. The van der Waals surface area contributed by atoms with Crippen molar-refractivity contribution in [2.24, 2.45) is 7.05 Å². The molecule has 0 aliphatic heterocycles. The second-order valence-corrected chi connectivity index (χ2v) is 5.67. The second kappa shape index (κ2) is 7.50.